The fraction of sp³-hybridized carbons (Fsp3) is 0.250. The minimum atomic E-state index is -0.256. The minimum absolute atomic E-state index is 0.0837. The van der Waals surface area contributed by atoms with Crippen LogP contribution in [0.5, 0.6) is 0 Å². The van der Waals surface area contributed by atoms with Crippen LogP contribution >= 0.6 is 11.3 Å². The lowest BCUT2D eigenvalue weighted by Gasteiger charge is -2.04. The Kier molecular flexibility index (Phi) is 4.20. The number of aryl methyl sites for hydroxylation is 2. The molecule has 6 nitrogen and oxygen atoms in total. The first-order valence-electron chi connectivity index (χ1n) is 7.20. The molecule has 0 saturated carbocycles. The van der Waals surface area contributed by atoms with Gasteiger partial charge in [0.1, 0.15) is 19.2 Å². The van der Waals surface area contributed by atoms with E-state index in [1.807, 2.05) is 10.6 Å². The van der Waals surface area contributed by atoms with Crippen molar-refractivity contribution in [1.82, 2.24) is 19.3 Å². The normalized spacial score (nSPS) is 12.0. The molecule has 3 rings (SSSR count). The lowest BCUT2D eigenvalue weighted by atomic mass is 10.1. The Morgan fingerprint density at radius 2 is 2.17 bits per heavy atom. The van der Waals surface area contributed by atoms with Gasteiger partial charge in [-0.25, -0.2) is 9.67 Å². The SMILES string of the molecule is C=CCn1c(=NC(=O)Cn2cncn2)sc2cc(C)c(C)cc21. The monoisotopic (exact) mass is 327 g/mol. The van der Waals surface area contributed by atoms with Gasteiger partial charge in [-0.2, -0.15) is 10.1 Å². The summed E-state index contributed by atoms with van der Waals surface area (Å²) in [5, 5.41) is 3.93. The molecule has 0 N–H and O–H groups in total. The van der Waals surface area contributed by atoms with Gasteiger partial charge in [-0.3, -0.25) is 4.79 Å². The molecule has 0 aliphatic rings. The topological polar surface area (TPSA) is 65.1 Å². The predicted molar refractivity (Wildman–Crippen MR) is 90.1 cm³/mol. The summed E-state index contributed by atoms with van der Waals surface area (Å²) in [4.78, 5) is 20.9. The summed E-state index contributed by atoms with van der Waals surface area (Å²) in [6, 6.07) is 4.27. The van der Waals surface area contributed by atoms with E-state index in [1.54, 1.807) is 0 Å². The molecule has 3 aromatic rings. The fourth-order valence-electron chi connectivity index (χ4n) is 2.31. The number of thiazole rings is 1. The second kappa shape index (κ2) is 6.29. The van der Waals surface area contributed by atoms with Crippen molar-refractivity contribution < 1.29 is 4.79 Å². The van der Waals surface area contributed by atoms with E-state index >= 15 is 0 Å². The summed E-state index contributed by atoms with van der Waals surface area (Å²) in [7, 11) is 0. The van der Waals surface area contributed by atoms with Gasteiger partial charge >= 0.3 is 0 Å². The van der Waals surface area contributed by atoms with Crippen LogP contribution in [0.1, 0.15) is 11.1 Å². The summed E-state index contributed by atoms with van der Waals surface area (Å²) in [5.41, 5.74) is 3.52. The molecule has 7 heteroatoms. The third-order valence-electron chi connectivity index (χ3n) is 3.59. The van der Waals surface area contributed by atoms with Gasteiger partial charge in [0.15, 0.2) is 4.80 Å². The Labute approximate surface area is 137 Å². The summed E-state index contributed by atoms with van der Waals surface area (Å²) in [5.74, 6) is -0.256. The van der Waals surface area contributed by atoms with Crippen LogP contribution in [-0.4, -0.2) is 25.2 Å². The molecule has 0 atom stereocenters. The summed E-state index contributed by atoms with van der Waals surface area (Å²) < 4.78 is 4.59. The van der Waals surface area contributed by atoms with Gasteiger partial charge in [-0.1, -0.05) is 17.4 Å². The third-order valence-corrected chi connectivity index (χ3v) is 4.64. The van der Waals surface area contributed by atoms with E-state index < -0.39 is 0 Å². The molecule has 0 aliphatic carbocycles. The van der Waals surface area contributed by atoms with E-state index in [9.17, 15) is 4.79 Å². The molecule has 2 heterocycles. The number of allylic oxidation sites excluding steroid dienone is 1. The highest BCUT2D eigenvalue weighted by molar-refractivity contribution is 7.16. The molecule has 1 aromatic carbocycles. The van der Waals surface area contributed by atoms with Gasteiger partial charge in [-0.15, -0.1) is 6.58 Å². The zero-order chi connectivity index (χ0) is 16.4. The second-order valence-corrected chi connectivity index (χ2v) is 6.30. The Hall–Kier alpha value is -2.54. The van der Waals surface area contributed by atoms with Crippen molar-refractivity contribution in [3.8, 4) is 0 Å². The van der Waals surface area contributed by atoms with E-state index in [-0.39, 0.29) is 12.5 Å². The Morgan fingerprint density at radius 3 is 2.87 bits per heavy atom. The molecule has 0 unspecified atom stereocenters. The van der Waals surface area contributed by atoms with Crippen molar-refractivity contribution in [1.29, 1.82) is 0 Å². The molecule has 0 aliphatic heterocycles. The molecule has 0 radical (unpaired) electrons. The van der Waals surface area contributed by atoms with Crippen LogP contribution in [0.2, 0.25) is 0 Å². The number of carbonyl (C=O) groups excluding carboxylic acids is 1. The largest absolute Gasteiger partial charge is 0.312 e. The van der Waals surface area contributed by atoms with Crippen LogP contribution < -0.4 is 4.80 Å². The average molecular weight is 327 g/mol. The number of hydrogen-bond donors (Lipinski definition) is 0. The van der Waals surface area contributed by atoms with E-state index in [4.69, 9.17) is 0 Å². The van der Waals surface area contributed by atoms with Crippen molar-refractivity contribution in [3.05, 3.63) is 53.4 Å². The van der Waals surface area contributed by atoms with Crippen molar-refractivity contribution >= 4 is 27.5 Å². The maximum absolute atomic E-state index is 12.2. The zero-order valence-corrected chi connectivity index (χ0v) is 13.9. The number of fused-ring (bicyclic) bond motifs is 1. The Bertz CT molecular complexity index is 933. The van der Waals surface area contributed by atoms with Gasteiger partial charge in [0.25, 0.3) is 5.91 Å². The van der Waals surface area contributed by atoms with Crippen LogP contribution in [-0.2, 0) is 17.9 Å². The predicted octanol–water partition coefficient (Wildman–Crippen LogP) is 2.22. The van der Waals surface area contributed by atoms with Gasteiger partial charge in [-0.05, 0) is 37.1 Å². The molecule has 0 saturated heterocycles. The smallest absolute Gasteiger partial charge is 0.270 e. The van der Waals surface area contributed by atoms with Crippen molar-refractivity contribution in [3.63, 3.8) is 0 Å². The molecular weight excluding hydrogens is 310 g/mol. The quantitative estimate of drug-likeness (QED) is 0.690. The molecule has 1 amide bonds. The highest BCUT2D eigenvalue weighted by atomic mass is 32.1. The lowest BCUT2D eigenvalue weighted by molar-refractivity contribution is -0.118. The molecule has 0 spiro atoms. The summed E-state index contributed by atoms with van der Waals surface area (Å²) in [6.45, 7) is 8.65. The zero-order valence-electron chi connectivity index (χ0n) is 13.1. The molecule has 0 fully saturated rings. The van der Waals surface area contributed by atoms with Gasteiger partial charge in [0, 0.05) is 6.54 Å². The second-order valence-electron chi connectivity index (χ2n) is 5.29. The number of rotatable bonds is 4. The third kappa shape index (κ3) is 3.14. The van der Waals surface area contributed by atoms with Gasteiger partial charge in [0.05, 0.1) is 10.2 Å². The number of aromatic nitrogens is 4. The first kappa shape index (κ1) is 15.4. The van der Waals surface area contributed by atoms with Gasteiger partial charge < -0.3 is 4.57 Å². The van der Waals surface area contributed by atoms with Crippen LogP contribution in [0.15, 0.2) is 42.4 Å². The number of carbonyl (C=O) groups is 1. The number of hydrogen-bond acceptors (Lipinski definition) is 4. The molecule has 2 aromatic heterocycles. The molecule has 118 valence electrons. The highest BCUT2D eigenvalue weighted by Gasteiger charge is 2.09. The standard InChI is InChI=1S/C16H17N5OS/c1-4-5-21-13-6-11(2)12(3)7-14(13)23-16(21)19-15(22)8-20-10-17-9-18-20/h4,6-7,9-10H,1,5,8H2,2-3H3. The average Bonchev–Trinajstić information content (AvgIpc) is 3.10. The molecule has 0 bridgehead atoms. The van der Waals surface area contributed by atoms with E-state index in [1.165, 1.54) is 39.8 Å². The van der Waals surface area contributed by atoms with Crippen molar-refractivity contribution in [2.24, 2.45) is 4.99 Å². The lowest BCUT2D eigenvalue weighted by Crippen LogP contribution is -2.18. The first-order chi connectivity index (χ1) is 11.1. The molecule has 23 heavy (non-hydrogen) atoms. The van der Waals surface area contributed by atoms with Crippen LogP contribution in [0.25, 0.3) is 10.2 Å². The Morgan fingerprint density at radius 1 is 1.39 bits per heavy atom. The fourth-order valence-corrected chi connectivity index (χ4v) is 3.44. The van der Waals surface area contributed by atoms with Crippen LogP contribution in [0.4, 0.5) is 0 Å². The van der Waals surface area contributed by atoms with Gasteiger partial charge in [0.2, 0.25) is 0 Å². The van der Waals surface area contributed by atoms with Crippen molar-refractivity contribution in [2.75, 3.05) is 0 Å². The van der Waals surface area contributed by atoms with E-state index in [0.29, 0.717) is 11.3 Å². The van der Waals surface area contributed by atoms with E-state index in [0.717, 1.165) is 10.2 Å². The maximum Gasteiger partial charge on any atom is 0.270 e. The van der Waals surface area contributed by atoms with E-state index in [2.05, 4.69) is 47.6 Å². The number of nitrogens with zero attached hydrogens (tertiary/aromatic N) is 5. The maximum atomic E-state index is 12.2. The summed E-state index contributed by atoms with van der Waals surface area (Å²) in [6.07, 6.45) is 4.71. The Balaban J connectivity index is 2.08. The van der Waals surface area contributed by atoms with Crippen molar-refractivity contribution in [2.45, 2.75) is 26.9 Å². The number of benzene rings is 1. The highest BCUT2D eigenvalue weighted by Crippen LogP contribution is 2.22. The minimum Gasteiger partial charge on any atom is -0.312 e. The first-order valence-corrected chi connectivity index (χ1v) is 8.01. The summed E-state index contributed by atoms with van der Waals surface area (Å²) >= 11 is 1.51. The van der Waals surface area contributed by atoms with Crippen LogP contribution in [0.3, 0.4) is 0 Å². The van der Waals surface area contributed by atoms with Crippen LogP contribution in [0, 0.1) is 13.8 Å². The molecular formula is C16H17N5OS. The number of amides is 1.